The van der Waals surface area contributed by atoms with Crippen LogP contribution in [0.5, 0.6) is 5.88 Å². The summed E-state index contributed by atoms with van der Waals surface area (Å²) in [5.41, 5.74) is 4.00. The third-order valence-electron chi connectivity index (χ3n) is 1.76. The maximum Gasteiger partial charge on any atom is 0.416 e. The number of nitrogens with two attached hydrogens (primary N) is 1. The van der Waals surface area contributed by atoms with E-state index in [1.807, 2.05) is 0 Å². The summed E-state index contributed by atoms with van der Waals surface area (Å²) in [6.07, 6.45) is -4.56. The lowest BCUT2D eigenvalue weighted by Gasteiger charge is -2.12. The van der Waals surface area contributed by atoms with Crippen LogP contribution >= 0.6 is 0 Å². The van der Waals surface area contributed by atoms with E-state index in [2.05, 4.69) is 4.98 Å². The quantitative estimate of drug-likeness (QED) is 0.858. The Morgan fingerprint density at radius 1 is 1.56 bits per heavy atom. The molecule has 0 aliphatic rings. The fourth-order valence-electron chi connectivity index (χ4n) is 0.889. The van der Waals surface area contributed by atoms with Crippen LogP contribution in [-0.4, -0.2) is 17.0 Å². The predicted octanol–water partition coefficient (Wildman–Crippen LogP) is 1.35. The number of nitrogens with zero attached hydrogens (tertiary/aromatic N) is 1. The maximum absolute atomic E-state index is 12.3. The van der Waals surface area contributed by atoms with Crippen LogP contribution in [0.4, 0.5) is 13.2 Å². The number of rotatable bonds is 3. The van der Waals surface area contributed by atoms with Crippen LogP contribution in [0.2, 0.25) is 0 Å². The molecule has 1 aromatic rings. The molecule has 1 rings (SSSR count). The zero-order valence-electron chi connectivity index (χ0n) is 8.28. The highest BCUT2D eigenvalue weighted by atomic mass is 19.4. The number of amides is 1. The second kappa shape index (κ2) is 4.38. The molecule has 0 aliphatic carbocycles. The molecule has 0 fully saturated rings. The van der Waals surface area contributed by atoms with Crippen LogP contribution in [0.25, 0.3) is 0 Å². The molecule has 0 aromatic carbocycles. The number of hydrogen-bond acceptors (Lipinski definition) is 3. The van der Waals surface area contributed by atoms with Gasteiger partial charge in [0.2, 0.25) is 5.88 Å². The fraction of sp³-hybridized carbons (Fsp3) is 0.333. The summed E-state index contributed by atoms with van der Waals surface area (Å²) in [6.45, 7) is 1.32. The van der Waals surface area contributed by atoms with Crippen molar-refractivity contribution in [1.82, 2.24) is 4.98 Å². The summed E-state index contributed by atoms with van der Waals surface area (Å²) in [5.74, 6) is -1.07. The van der Waals surface area contributed by atoms with Crippen LogP contribution in [0.15, 0.2) is 18.3 Å². The summed E-state index contributed by atoms with van der Waals surface area (Å²) >= 11 is 0. The molecule has 0 saturated carbocycles. The van der Waals surface area contributed by atoms with E-state index in [9.17, 15) is 18.0 Å². The second-order valence-electron chi connectivity index (χ2n) is 3.04. The van der Waals surface area contributed by atoms with E-state index in [0.717, 1.165) is 12.3 Å². The number of alkyl halides is 3. The Hall–Kier alpha value is -1.79. The summed E-state index contributed by atoms with van der Waals surface area (Å²) < 4.78 is 41.7. The lowest BCUT2D eigenvalue weighted by molar-refractivity contribution is -0.137. The highest BCUT2D eigenvalue weighted by molar-refractivity contribution is 5.78. The lowest BCUT2D eigenvalue weighted by atomic mass is 10.2. The largest absolute Gasteiger partial charge is 0.465 e. The Kier molecular flexibility index (Phi) is 3.36. The minimum Gasteiger partial charge on any atom is -0.465 e. The van der Waals surface area contributed by atoms with Crippen molar-refractivity contribution in [2.75, 3.05) is 0 Å². The molecule has 1 heterocycles. The first kappa shape index (κ1) is 12.3. The summed E-state index contributed by atoms with van der Waals surface area (Å²) in [4.78, 5) is 14.2. The van der Waals surface area contributed by atoms with Crippen LogP contribution in [-0.2, 0) is 11.0 Å². The third kappa shape index (κ3) is 3.11. The van der Waals surface area contributed by atoms with E-state index in [-0.39, 0.29) is 5.88 Å². The number of primary amides is 1. The van der Waals surface area contributed by atoms with Gasteiger partial charge in [-0.15, -0.1) is 0 Å². The molecule has 0 saturated heterocycles. The molecule has 0 unspecified atom stereocenters. The molecule has 0 bridgehead atoms. The summed E-state index contributed by atoms with van der Waals surface area (Å²) in [7, 11) is 0. The molecule has 1 atom stereocenters. The van der Waals surface area contributed by atoms with E-state index in [0.29, 0.717) is 6.07 Å². The molecule has 0 spiro atoms. The van der Waals surface area contributed by atoms with Gasteiger partial charge in [-0.2, -0.15) is 13.2 Å². The smallest absolute Gasteiger partial charge is 0.416 e. The molecule has 7 heteroatoms. The third-order valence-corrected chi connectivity index (χ3v) is 1.76. The second-order valence-corrected chi connectivity index (χ2v) is 3.04. The van der Waals surface area contributed by atoms with Crippen molar-refractivity contribution < 1.29 is 22.7 Å². The number of carbonyl (C=O) groups excluding carboxylic acids is 1. The van der Waals surface area contributed by atoms with Gasteiger partial charge in [0.15, 0.2) is 6.10 Å². The fourth-order valence-corrected chi connectivity index (χ4v) is 0.889. The first-order valence-corrected chi connectivity index (χ1v) is 4.30. The standard InChI is InChI=1S/C9H9F3N2O2/c1-5(8(13)15)16-7-4-6(2-3-14-7)9(10,11)12/h2-5H,1H3,(H2,13,15)/t5-/m1/s1. The van der Waals surface area contributed by atoms with Gasteiger partial charge >= 0.3 is 6.18 Å². The summed E-state index contributed by atoms with van der Waals surface area (Å²) in [6, 6.07) is 1.52. The van der Waals surface area contributed by atoms with Gasteiger partial charge in [-0.1, -0.05) is 0 Å². The van der Waals surface area contributed by atoms with E-state index in [1.54, 1.807) is 0 Å². The van der Waals surface area contributed by atoms with Crippen molar-refractivity contribution >= 4 is 5.91 Å². The zero-order chi connectivity index (χ0) is 12.3. The van der Waals surface area contributed by atoms with Crippen molar-refractivity contribution in [2.45, 2.75) is 19.2 Å². The van der Waals surface area contributed by atoms with Gasteiger partial charge in [-0.25, -0.2) is 4.98 Å². The topological polar surface area (TPSA) is 65.2 Å². The van der Waals surface area contributed by atoms with Crippen LogP contribution in [0.1, 0.15) is 12.5 Å². The number of hydrogen-bond donors (Lipinski definition) is 1. The van der Waals surface area contributed by atoms with Gasteiger partial charge in [0.05, 0.1) is 5.56 Å². The van der Waals surface area contributed by atoms with E-state index >= 15 is 0 Å². The molecule has 4 nitrogen and oxygen atoms in total. The molecule has 2 N–H and O–H groups in total. The van der Waals surface area contributed by atoms with Crippen LogP contribution in [0.3, 0.4) is 0 Å². The Bertz CT molecular complexity index is 393. The minimum absolute atomic E-state index is 0.291. The zero-order valence-corrected chi connectivity index (χ0v) is 8.28. The highest BCUT2D eigenvalue weighted by Gasteiger charge is 2.31. The number of aromatic nitrogens is 1. The van der Waals surface area contributed by atoms with Crippen molar-refractivity contribution in [3.8, 4) is 5.88 Å². The van der Waals surface area contributed by atoms with Crippen LogP contribution < -0.4 is 10.5 Å². The predicted molar refractivity (Wildman–Crippen MR) is 48.5 cm³/mol. The Balaban J connectivity index is 2.87. The Morgan fingerprint density at radius 2 is 2.19 bits per heavy atom. The van der Waals surface area contributed by atoms with Gasteiger partial charge in [0, 0.05) is 12.3 Å². The number of pyridine rings is 1. The van der Waals surface area contributed by atoms with Crippen molar-refractivity contribution in [1.29, 1.82) is 0 Å². The Morgan fingerprint density at radius 3 is 2.69 bits per heavy atom. The Labute approximate surface area is 89.2 Å². The van der Waals surface area contributed by atoms with Crippen molar-refractivity contribution in [2.24, 2.45) is 5.73 Å². The average Bonchev–Trinajstić information content (AvgIpc) is 2.16. The molecule has 1 amide bonds. The number of halogens is 3. The normalized spacial score (nSPS) is 13.2. The molecule has 1 aromatic heterocycles. The van der Waals surface area contributed by atoms with E-state index < -0.39 is 23.8 Å². The van der Waals surface area contributed by atoms with Gasteiger partial charge in [-0.05, 0) is 13.0 Å². The van der Waals surface area contributed by atoms with Crippen molar-refractivity contribution in [3.63, 3.8) is 0 Å². The lowest BCUT2D eigenvalue weighted by Crippen LogP contribution is -2.31. The molecule has 0 radical (unpaired) electrons. The SMILES string of the molecule is C[C@@H](Oc1cc(C(F)(F)F)ccn1)C(N)=O. The van der Waals surface area contributed by atoms with Crippen molar-refractivity contribution in [3.05, 3.63) is 23.9 Å². The monoisotopic (exact) mass is 234 g/mol. The van der Waals surface area contributed by atoms with Crippen LogP contribution in [0, 0.1) is 0 Å². The average molecular weight is 234 g/mol. The first-order chi connectivity index (χ1) is 7.30. The number of carbonyl (C=O) groups is 1. The molecule has 0 aliphatic heterocycles. The van der Waals surface area contributed by atoms with Gasteiger partial charge in [0.1, 0.15) is 0 Å². The first-order valence-electron chi connectivity index (χ1n) is 4.30. The molecular weight excluding hydrogens is 225 g/mol. The number of ether oxygens (including phenoxy) is 1. The molecular formula is C9H9F3N2O2. The van der Waals surface area contributed by atoms with Gasteiger partial charge < -0.3 is 10.5 Å². The maximum atomic E-state index is 12.3. The molecule has 16 heavy (non-hydrogen) atoms. The van der Waals surface area contributed by atoms with E-state index in [1.165, 1.54) is 6.92 Å². The van der Waals surface area contributed by atoms with Gasteiger partial charge in [0.25, 0.3) is 5.91 Å². The summed E-state index contributed by atoms with van der Waals surface area (Å²) in [5, 5.41) is 0. The molecule has 88 valence electrons. The van der Waals surface area contributed by atoms with Gasteiger partial charge in [-0.3, -0.25) is 4.79 Å². The van der Waals surface area contributed by atoms with E-state index in [4.69, 9.17) is 10.5 Å². The minimum atomic E-state index is -4.48. The highest BCUT2D eigenvalue weighted by Crippen LogP contribution is 2.30.